The Kier molecular flexibility index (Phi) is 10.5. The first-order valence-electron chi connectivity index (χ1n) is 10.7. The van der Waals surface area contributed by atoms with E-state index in [2.05, 4.69) is 10.6 Å². The molecular formula is C20H35N5O7. The summed E-state index contributed by atoms with van der Waals surface area (Å²) >= 11 is 0. The molecule has 4 amide bonds. The van der Waals surface area contributed by atoms with E-state index < -0.39 is 59.9 Å². The lowest BCUT2D eigenvalue weighted by molar-refractivity contribution is -0.145. The van der Waals surface area contributed by atoms with Crippen molar-refractivity contribution in [1.29, 1.82) is 0 Å². The fraction of sp³-hybridized carbons (Fsp3) is 0.750. The summed E-state index contributed by atoms with van der Waals surface area (Å²) in [6.07, 6.45) is -0.341. The van der Waals surface area contributed by atoms with E-state index in [1.807, 2.05) is 13.8 Å². The van der Waals surface area contributed by atoms with Gasteiger partial charge in [-0.2, -0.15) is 0 Å². The van der Waals surface area contributed by atoms with Crippen LogP contribution in [0.4, 0.5) is 0 Å². The second-order valence-electron chi connectivity index (χ2n) is 8.55. The van der Waals surface area contributed by atoms with E-state index in [0.717, 1.165) is 0 Å². The van der Waals surface area contributed by atoms with Crippen LogP contribution in [0.3, 0.4) is 0 Å². The molecule has 1 aliphatic heterocycles. The lowest BCUT2D eigenvalue weighted by Gasteiger charge is -2.30. The van der Waals surface area contributed by atoms with Crippen molar-refractivity contribution in [2.45, 2.75) is 83.1 Å². The number of carbonyl (C=O) groups is 5. The van der Waals surface area contributed by atoms with Crippen molar-refractivity contribution in [1.82, 2.24) is 15.5 Å². The van der Waals surface area contributed by atoms with E-state index in [9.17, 15) is 34.2 Å². The molecule has 5 unspecified atom stereocenters. The Hall–Kier alpha value is -2.73. The second-order valence-corrected chi connectivity index (χ2v) is 8.55. The molecule has 8 N–H and O–H groups in total. The number of hydrogen-bond acceptors (Lipinski definition) is 7. The highest BCUT2D eigenvalue weighted by Gasteiger charge is 2.39. The highest BCUT2D eigenvalue weighted by molar-refractivity contribution is 5.94. The molecular weight excluding hydrogens is 422 g/mol. The number of aliphatic hydroxyl groups excluding tert-OH is 1. The highest BCUT2D eigenvalue weighted by Crippen LogP contribution is 2.21. The number of aliphatic hydroxyl groups is 1. The molecule has 1 saturated heterocycles. The number of likely N-dealkylation sites (tertiary alicyclic amines) is 1. The first kappa shape index (κ1) is 27.3. The number of carboxylic acid groups (broad SMARTS) is 1. The summed E-state index contributed by atoms with van der Waals surface area (Å²) < 4.78 is 0. The van der Waals surface area contributed by atoms with Gasteiger partial charge in [-0.25, -0.2) is 4.79 Å². The van der Waals surface area contributed by atoms with Crippen LogP contribution in [0, 0.1) is 5.92 Å². The van der Waals surface area contributed by atoms with Gasteiger partial charge in [-0.05, 0) is 38.5 Å². The Labute approximate surface area is 187 Å². The van der Waals surface area contributed by atoms with Gasteiger partial charge in [-0.15, -0.1) is 0 Å². The Balaban J connectivity index is 2.95. The molecule has 0 aromatic carbocycles. The van der Waals surface area contributed by atoms with Crippen LogP contribution in [-0.4, -0.2) is 81.5 Å². The molecule has 1 rings (SSSR count). The third-order valence-corrected chi connectivity index (χ3v) is 5.28. The number of rotatable bonds is 12. The van der Waals surface area contributed by atoms with Crippen LogP contribution in [0.25, 0.3) is 0 Å². The molecule has 0 aromatic rings. The van der Waals surface area contributed by atoms with E-state index in [1.165, 1.54) is 11.8 Å². The Morgan fingerprint density at radius 1 is 1.09 bits per heavy atom. The predicted octanol–water partition coefficient (Wildman–Crippen LogP) is -1.95. The van der Waals surface area contributed by atoms with Gasteiger partial charge >= 0.3 is 5.97 Å². The second kappa shape index (κ2) is 12.3. The summed E-state index contributed by atoms with van der Waals surface area (Å²) in [6.45, 7) is 5.36. The number of nitrogens with zero attached hydrogens (tertiary/aromatic N) is 1. The van der Waals surface area contributed by atoms with Crippen molar-refractivity contribution in [3.8, 4) is 0 Å². The molecule has 5 atom stereocenters. The number of nitrogens with two attached hydrogens (primary N) is 2. The topological polar surface area (TPSA) is 205 Å². The van der Waals surface area contributed by atoms with Crippen molar-refractivity contribution in [3.05, 3.63) is 0 Å². The maximum atomic E-state index is 13.2. The maximum Gasteiger partial charge on any atom is 0.326 e. The van der Waals surface area contributed by atoms with Gasteiger partial charge in [0, 0.05) is 13.0 Å². The molecule has 0 aromatic heterocycles. The van der Waals surface area contributed by atoms with Gasteiger partial charge in [0.2, 0.25) is 23.6 Å². The maximum absolute atomic E-state index is 13.2. The fourth-order valence-electron chi connectivity index (χ4n) is 3.50. The zero-order valence-corrected chi connectivity index (χ0v) is 18.7. The number of carbonyl (C=O) groups excluding carboxylic acids is 4. The molecule has 1 fully saturated rings. The largest absolute Gasteiger partial charge is 0.480 e. The van der Waals surface area contributed by atoms with Gasteiger partial charge < -0.3 is 37.2 Å². The minimum Gasteiger partial charge on any atom is -0.480 e. The third kappa shape index (κ3) is 8.08. The summed E-state index contributed by atoms with van der Waals surface area (Å²) in [5, 5.41) is 23.8. The summed E-state index contributed by atoms with van der Waals surface area (Å²) in [7, 11) is 0. The summed E-state index contributed by atoms with van der Waals surface area (Å²) in [6, 6.07) is -4.39. The lowest BCUT2D eigenvalue weighted by Crippen LogP contribution is -2.58. The smallest absolute Gasteiger partial charge is 0.326 e. The molecule has 0 saturated carbocycles. The van der Waals surface area contributed by atoms with Gasteiger partial charge in [0.05, 0.1) is 6.10 Å². The molecule has 1 heterocycles. The number of carboxylic acids is 1. The molecule has 182 valence electrons. The molecule has 0 radical (unpaired) electrons. The van der Waals surface area contributed by atoms with E-state index >= 15 is 0 Å². The first-order valence-corrected chi connectivity index (χ1v) is 10.7. The Morgan fingerprint density at radius 2 is 1.72 bits per heavy atom. The number of nitrogens with one attached hydrogen (secondary N) is 2. The van der Waals surface area contributed by atoms with Crippen LogP contribution in [0.1, 0.15) is 52.9 Å². The average molecular weight is 458 g/mol. The number of primary amides is 1. The van der Waals surface area contributed by atoms with Gasteiger partial charge in [0.25, 0.3) is 0 Å². The van der Waals surface area contributed by atoms with E-state index in [4.69, 9.17) is 11.5 Å². The molecule has 0 spiro atoms. The minimum atomic E-state index is -1.32. The highest BCUT2D eigenvalue weighted by atomic mass is 16.4. The average Bonchev–Trinajstić information content (AvgIpc) is 3.18. The zero-order valence-electron chi connectivity index (χ0n) is 18.7. The van der Waals surface area contributed by atoms with E-state index in [-0.39, 0.29) is 31.7 Å². The monoisotopic (exact) mass is 457 g/mol. The standard InChI is InChI=1S/C20H35N5O7/c1-10(2)9-13(24-18(29)16(22)11(3)26)19(30)25-8-4-5-14(25)17(28)23-12(20(31)32)6-7-15(21)27/h10-14,16,26H,4-9,22H2,1-3H3,(H2,21,27)(H,23,28)(H,24,29)(H,31,32). The van der Waals surface area contributed by atoms with Crippen LogP contribution in [0.5, 0.6) is 0 Å². The minimum absolute atomic E-state index is 0.0343. The number of amides is 4. The lowest BCUT2D eigenvalue weighted by atomic mass is 10.0. The van der Waals surface area contributed by atoms with Crippen molar-refractivity contribution in [3.63, 3.8) is 0 Å². The molecule has 32 heavy (non-hydrogen) atoms. The Morgan fingerprint density at radius 3 is 2.22 bits per heavy atom. The van der Waals surface area contributed by atoms with Crippen LogP contribution in [0.2, 0.25) is 0 Å². The molecule has 0 aliphatic carbocycles. The van der Waals surface area contributed by atoms with Crippen LogP contribution < -0.4 is 22.1 Å². The molecule has 12 nitrogen and oxygen atoms in total. The van der Waals surface area contributed by atoms with Gasteiger partial charge in [-0.1, -0.05) is 13.8 Å². The van der Waals surface area contributed by atoms with Gasteiger partial charge in [0.1, 0.15) is 24.2 Å². The predicted molar refractivity (Wildman–Crippen MR) is 114 cm³/mol. The summed E-state index contributed by atoms with van der Waals surface area (Å²) in [4.78, 5) is 62.0. The number of aliphatic carboxylic acids is 1. The fourth-order valence-corrected chi connectivity index (χ4v) is 3.50. The van der Waals surface area contributed by atoms with Crippen LogP contribution in [-0.2, 0) is 24.0 Å². The van der Waals surface area contributed by atoms with Crippen molar-refractivity contribution >= 4 is 29.6 Å². The van der Waals surface area contributed by atoms with Gasteiger partial charge in [0.15, 0.2) is 0 Å². The molecule has 0 bridgehead atoms. The van der Waals surface area contributed by atoms with Crippen molar-refractivity contribution < 1.29 is 34.2 Å². The van der Waals surface area contributed by atoms with Crippen LogP contribution >= 0.6 is 0 Å². The quantitative estimate of drug-likeness (QED) is 0.194. The molecule has 1 aliphatic rings. The normalized spacial score (nSPS) is 19.7. The summed E-state index contributed by atoms with van der Waals surface area (Å²) in [5.41, 5.74) is 10.7. The Bertz CT molecular complexity index is 712. The zero-order chi connectivity index (χ0) is 24.6. The van der Waals surface area contributed by atoms with Gasteiger partial charge in [-0.3, -0.25) is 19.2 Å². The third-order valence-electron chi connectivity index (χ3n) is 5.28. The van der Waals surface area contributed by atoms with Crippen LogP contribution in [0.15, 0.2) is 0 Å². The SMILES string of the molecule is CC(C)CC(NC(=O)C(N)C(C)O)C(=O)N1CCCC1C(=O)NC(CCC(N)=O)C(=O)O. The molecule has 12 heteroatoms. The van der Waals surface area contributed by atoms with Crippen molar-refractivity contribution in [2.75, 3.05) is 6.54 Å². The first-order chi connectivity index (χ1) is 14.8. The summed E-state index contributed by atoms with van der Waals surface area (Å²) in [5.74, 6) is -3.78. The van der Waals surface area contributed by atoms with E-state index in [0.29, 0.717) is 12.8 Å². The van der Waals surface area contributed by atoms with Crippen molar-refractivity contribution in [2.24, 2.45) is 17.4 Å². The van der Waals surface area contributed by atoms with E-state index in [1.54, 1.807) is 0 Å². The number of hydrogen-bond donors (Lipinski definition) is 6.